The van der Waals surface area contributed by atoms with E-state index in [-0.39, 0.29) is 0 Å². The number of nitrogens with two attached hydrogens (primary N) is 1. The predicted molar refractivity (Wildman–Crippen MR) is 87.3 cm³/mol. The molecule has 2 aromatic carbocycles. The average molecular weight is 352 g/mol. The fourth-order valence-corrected chi connectivity index (χ4v) is 2.36. The Kier molecular flexibility index (Phi) is 4.47. The molecule has 0 radical (unpaired) electrons. The van der Waals surface area contributed by atoms with Crippen LogP contribution in [0, 0.1) is 3.57 Å². The van der Waals surface area contributed by atoms with Crippen LogP contribution in [0.25, 0.3) is 0 Å². The van der Waals surface area contributed by atoms with Crippen LogP contribution in [0.3, 0.4) is 0 Å². The summed E-state index contributed by atoms with van der Waals surface area (Å²) in [7, 11) is 0. The minimum absolute atomic E-state index is 0.777. The SMILES string of the molecule is CCCc1ccc(Nc2ccc(I)cc2N)cc1. The summed E-state index contributed by atoms with van der Waals surface area (Å²) in [5.74, 6) is 0. The quantitative estimate of drug-likeness (QED) is 0.625. The van der Waals surface area contributed by atoms with Crippen molar-refractivity contribution in [2.45, 2.75) is 19.8 Å². The molecule has 0 aromatic heterocycles. The van der Waals surface area contributed by atoms with Crippen molar-refractivity contribution in [2.75, 3.05) is 11.1 Å². The van der Waals surface area contributed by atoms with Crippen molar-refractivity contribution in [1.29, 1.82) is 0 Å². The van der Waals surface area contributed by atoms with E-state index >= 15 is 0 Å². The number of benzene rings is 2. The second kappa shape index (κ2) is 6.09. The molecule has 94 valence electrons. The van der Waals surface area contributed by atoms with Crippen LogP contribution in [0.5, 0.6) is 0 Å². The van der Waals surface area contributed by atoms with Gasteiger partial charge in [0.25, 0.3) is 0 Å². The van der Waals surface area contributed by atoms with Gasteiger partial charge in [0.1, 0.15) is 0 Å². The first kappa shape index (κ1) is 13.2. The zero-order valence-corrected chi connectivity index (χ0v) is 12.6. The summed E-state index contributed by atoms with van der Waals surface area (Å²) in [6, 6.07) is 14.5. The van der Waals surface area contributed by atoms with Crippen molar-refractivity contribution in [3.63, 3.8) is 0 Å². The predicted octanol–water partition coefficient (Wildman–Crippen LogP) is 4.57. The smallest absolute Gasteiger partial charge is 0.0618 e. The first-order chi connectivity index (χ1) is 8.69. The van der Waals surface area contributed by atoms with E-state index in [9.17, 15) is 0 Å². The minimum atomic E-state index is 0.777. The van der Waals surface area contributed by atoms with E-state index < -0.39 is 0 Å². The number of aryl methyl sites for hydroxylation is 1. The van der Waals surface area contributed by atoms with Crippen molar-refractivity contribution in [1.82, 2.24) is 0 Å². The van der Waals surface area contributed by atoms with Crippen LogP contribution in [-0.4, -0.2) is 0 Å². The Morgan fingerprint density at radius 2 is 1.83 bits per heavy atom. The third-order valence-electron chi connectivity index (χ3n) is 2.79. The molecule has 0 heterocycles. The van der Waals surface area contributed by atoms with Gasteiger partial charge in [-0.1, -0.05) is 25.5 Å². The van der Waals surface area contributed by atoms with E-state index in [1.54, 1.807) is 0 Å². The van der Waals surface area contributed by atoms with Gasteiger partial charge in [0.15, 0.2) is 0 Å². The number of rotatable bonds is 4. The van der Waals surface area contributed by atoms with E-state index in [1.807, 2.05) is 18.2 Å². The lowest BCUT2D eigenvalue weighted by molar-refractivity contribution is 0.922. The van der Waals surface area contributed by atoms with Gasteiger partial charge in [0, 0.05) is 9.26 Å². The lowest BCUT2D eigenvalue weighted by Gasteiger charge is -2.10. The summed E-state index contributed by atoms with van der Waals surface area (Å²) in [4.78, 5) is 0. The highest BCUT2D eigenvalue weighted by molar-refractivity contribution is 14.1. The van der Waals surface area contributed by atoms with E-state index in [0.717, 1.165) is 27.1 Å². The molecule has 0 spiro atoms. The monoisotopic (exact) mass is 352 g/mol. The minimum Gasteiger partial charge on any atom is -0.397 e. The summed E-state index contributed by atoms with van der Waals surface area (Å²) in [6.45, 7) is 2.19. The van der Waals surface area contributed by atoms with Gasteiger partial charge in [-0.05, 0) is 64.9 Å². The molecule has 3 heteroatoms. The van der Waals surface area contributed by atoms with Crippen molar-refractivity contribution >= 4 is 39.7 Å². The van der Waals surface area contributed by atoms with Crippen molar-refractivity contribution in [2.24, 2.45) is 0 Å². The van der Waals surface area contributed by atoms with Crippen LogP contribution in [-0.2, 0) is 6.42 Å². The van der Waals surface area contributed by atoms with E-state index in [1.165, 1.54) is 12.0 Å². The van der Waals surface area contributed by atoms with Gasteiger partial charge in [0.2, 0.25) is 0 Å². The summed E-state index contributed by atoms with van der Waals surface area (Å²) < 4.78 is 1.15. The summed E-state index contributed by atoms with van der Waals surface area (Å²) >= 11 is 2.26. The molecule has 0 atom stereocenters. The number of hydrogen-bond acceptors (Lipinski definition) is 2. The third-order valence-corrected chi connectivity index (χ3v) is 3.46. The Morgan fingerprint density at radius 3 is 2.44 bits per heavy atom. The van der Waals surface area contributed by atoms with E-state index in [2.05, 4.69) is 59.1 Å². The highest BCUT2D eigenvalue weighted by Crippen LogP contribution is 2.25. The van der Waals surface area contributed by atoms with Crippen molar-refractivity contribution in [3.8, 4) is 0 Å². The first-order valence-electron chi connectivity index (χ1n) is 6.10. The van der Waals surface area contributed by atoms with Crippen molar-refractivity contribution in [3.05, 3.63) is 51.6 Å². The molecule has 0 fully saturated rings. The molecule has 0 unspecified atom stereocenters. The molecule has 2 nitrogen and oxygen atoms in total. The number of nitrogens with one attached hydrogen (secondary N) is 1. The molecular formula is C15H17IN2. The molecule has 0 aliphatic carbocycles. The molecule has 0 aliphatic heterocycles. The molecule has 2 aromatic rings. The Balaban J connectivity index is 2.13. The molecule has 2 rings (SSSR count). The van der Waals surface area contributed by atoms with Gasteiger partial charge in [-0.25, -0.2) is 0 Å². The molecular weight excluding hydrogens is 335 g/mol. The van der Waals surface area contributed by atoms with Crippen LogP contribution in [0.2, 0.25) is 0 Å². The zero-order chi connectivity index (χ0) is 13.0. The van der Waals surface area contributed by atoms with Gasteiger partial charge >= 0.3 is 0 Å². The molecule has 0 bridgehead atoms. The lowest BCUT2D eigenvalue weighted by atomic mass is 10.1. The highest BCUT2D eigenvalue weighted by atomic mass is 127. The fraction of sp³-hybridized carbons (Fsp3) is 0.200. The standard InChI is InChI=1S/C15H17IN2/c1-2-3-11-4-7-13(8-5-11)18-15-9-6-12(16)10-14(15)17/h4-10,18H,2-3,17H2,1H3. The first-order valence-corrected chi connectivity index (χ1v) is 7.18. The number of anilines is 3. The van der Waals surface area contributed by atoms with Crippen LogP contribution >= 0.6 is 22.6 Å². The van der Waals surface area contributed by atoms with Crippen molar-refractivity contribution < 1.29 is 0 Å². The Labute approximate surface area is 122 Å². The van der Waals surface area contributed by atoms with Crippen LogP contribution in [0.15, 0.2) is 42.5 Å². The van der Waals surface area contributed by atoms with Gasteiger partial charge in [-0.2, -0.15) is 0 Å². The zero-order valence-electron chi connectivity index (χ0n) is 10.4. The summed E-state index contributed by atoms with van der Waals surface area (Å²) in [6.07, 6.45) is 2.31. The van der Waals surface area contributed by atoms with E-state index in [4.69, 9.17) is 5.73 Å². The van der Waals surface area contributed by atoms with Gasteiger partial charge < -0.3 is 11.1 Å². The van der Waals surface area contributed by atoms with E-state index in [0.29, 0.717) is 0 Å². The maximum absolute atomic E-state index is 5.98. The Hall–Kier alpha value is -1.23. The third kappa shape index (κ3) is 3.38. The Morgan fingerprint density at radius 1 is 1.11 bits per heavy atom. The largest absolute Gasteiger partial charge is 0.397 e. The Bertz CT molecular complexity index is 521. The molecule has 0 amide bonds. The second-order valence-electron chi connectivity index (χ2n) is 4.30. The maximum Gasteiger partial charge on any atom is 0.0618 e. The normalized spacial score (nSPS) is 10.3. The van der Waals surface area contributed by atoms with Gasteiger partial charge in [0.05, 0.1) is 11.4 Å². The number of hydrogen-bond donors (Lipinski definition) is 2. The maximum atomic E-state index is 5.98. The molecule has 0 saturated heterocycles. The average Bonchev–Trinajstić information content (AvgIpc) is 2.35. The number of halogens is 1. The van der Waals surface area contributed by atoms with Gasteiger partial charge in [-0.3, -0.25) is 0 Å². The fourth-order valence-electron chi connectivity index (χ4n) is 1.85. The second-order valence-corrected chi connectivity index (χ2v) is 5.55. The molecule has 0 saturated carbocycles. The molecule has 0 aliphatic rings. The summed E-state index contributed by atoms with van der Waals surface area (Å²) in [5.41, 5.74) is 10.2. The molecule has 18 heavy (non-hydrogen) atoms. The van der Waals surface area contributed by atoms with Crippen LogP contribution < -0.4 is 11.1 Å². The highest BCUT2D eigenvalue weighted by Gasteiger charge is 2.00. The lowest BCUT2D eigenvalue weighted by Crippen LogP contribution is -1.96. The van der Waals surface area contributed by atoms with Crippen LogP contribution in [0.4, 0.5) is 17.1 Å². The van der Waals surface area contributed by atoms with Gasteiger partial charge in [-0.15, -0.1) is 0 Å². The van der Waals surface area contributed by atoms with Crippen LogP contribution in [0.1, 0.15) is 18.9 Å². The topological polar surface area (TPSA) is 38.0 Å². The number of nitrogen functional groups attached to an aromatic ring is 1. The summed E-state index contributed by atoms with van der Waals surface area (Å²) in [5, 5.41) is 3.34. The molecule has 3 N–H and O–H groups in total.